The number of carbonyl (C=O) groups excluding carboxylic acids is 1. The van der Waals surface area contributed by atoms with Gasteiger partial charge in [0.2, 0.25) is 0 Å². The van der Waals surface area contributed by atoms with Gasteiger partial charge in [0.1, 0.15) is 11.6 Å². The lowest BCUT2D eigenvalue weighted by molar-refractivity contribution is -0.137. The third-order valence-electron chi connectivity index (χ3n) is 5.48. The van der Waals surface area contributed by atoms with E-state index in [0.29, 0.717) is 50.2 Å². The maximum atomic E-state index is 12.9. The van der Waals surface area contributed by atoms with Crippen molar-refractivity contribution in [2.24, 2.45) is 7.05 Å². The first-order chi connectivity index (χ1) is 14.6. The smallest absolute Gasteiger partial charge is 0.354 e. The number of hydrogen-bond acceptors (Lipinski definition) is 4. The van der Waals surface area contributed by atoms with E-state index in [-0.39, 0.29) is 11.1 Å². The van der Waals surface area contributed by atoms with Crippen LogP contribution >= 0.6 is 11.6 Å². The molecular formula is C20H26ClF3N6O. The second-order valence-corrected chi connectivity index (χ2v) is 8.08. The van der Waals surface area contributed by atoms with Gasteiger partial charge in [0.05, 0.1) is 16.3 Å². The molecule has 1 atom stereocenters. The van der Waals surface area contributed by atoms with Crippen molar-refractivity contribution in [2.75, 3.05) is 36.4 Å². The van der Waals surface area contributed by atoms with Gasteiger partial charge in [0.25, 0.3) is 0 Å². The molecule has 1 fully saturated rings. The van der Waals surface area contributed by atoms with Crippen LogP contribution in [0.2, 0.25) is 5.02 Å². The molecule has 2 amide bonds. The number of nitrogens with zero attached hydrogens (tertiary/aromatic N) is 5. The molecule has 11 heteroatoms. The zero-order valence-electron chi connectivity index (χ0n) is 17.7. The predicted octanol–water partition coefficient (Wildman–Crippen LogP) is 4.75. The normalized spacial score (nSPS) is 16.2. The average molecular weight is 459 g/mol. The summed E-state index contributed by atoms with van der Waals surface area (Å²) in [4.78, 5) is 20.2. The SMILES string of the molecule is CCC(C)c1cc(NC(=O)N2CCCN(c3ncc(C(F)(F)F)cc3Cl)CC2)n(C)n1. The van der Waals surface area contributed by atoms with Crippen molar-refractivity contribution >= 4 is 29.3 Å². The molecule has 0 radical (unpaired) electrons. The summed E-state index contributed by atoms with van der Waals surface area (Å²) in [6.07, 6.45) is -2.12. The highest BCUT2D eigenvalue weighted by atomic mass is 35.5. The number of aromatic nitrogens is 3. The molecule has 1 aliphatic rings. The Balaban J connectivity index is 1.65. The van der Waals surface area contributed by atoms with Crippen LogP contribution in [-0.2, 0) is 13.2 Å². The molecule has 3 rings (SSSR count). The minimum absolute atomic E-state index is 0.0554. The summed E-state index contributed by atoms with van der Waals surface area (Å²) in [5, 5.41) is 7.30. The standard InChI is InChI=1S/C20H26ClF3N6O/c1-4-13(2)16-11-17(28(3)27-16)26-19(31)30-7-5-6-29(8-9-30)18-15(21)10-14(12-25-18)20(22,23)24/h10-13H,4-9H2,1-3H3,(H,26,31). The number of nitrogens with one attached hydrogen (secondary N) is 1. The number of halogens is 4. The molecule has 1 aliphatic heterocycles. The fourth-order valence-corrected chi connectivity index (χ4v) is 3.68. The van der Waals surface area contributed by atoms with Crippen molar-refractivity contribution in [2.45, 2.75) is 38.8 Å². The lowest BCUT2D eigenvalue weighted by Gasteiger charge is -2.24. The predicted molar refractivity (Wildman–Crippen MR) is 114 cm³/mol. The molecule has 2 aromatic heterocycles. The van der Waals surface area contributed by atoms with E-state index in [2.05, 4.69) is 29.2 Å². The molecule has 1 saturated heterocycles. The van der Waals surface area contributed by atoms with Crippen LogP contribution in [0.25, 0.3) is 0 Å². The molecule has 0 aromatic carbocycles. The Labute approximate surface area is 184 Å². The summed E-state index contributed by atoms with van der Waals surface area (Å²) in [6, 6.07) is 2.52. The zero-order valence-corrected chi connectivity index (χ0v) is 18.5. The Morgan fingerprint density at radius 1 is 1.26 bits per heavy atom. The molecule has 2 aromatic rings. The number of urea groups is 1. The van der Waals surface area contributed by atoms with Crippen molar-refractivity contribution in [3.8, 4) is 0 Å². The van der Waals surface area contributed by atoms with Crippen molar-refractivity contribution in [3.05, 3.63) is 34.6 Å². The van der Waals surface area contributed by atoms with Crippen LogP contribution in [0.15, 0.2) is 18.3 Å². The van der Waals surface area contributed by atoms with Crippen LogP contribution in [0.3, 0.4) is 0 Å². The van der Waals surface area contributed by atoms with Gasteiger partial charge in [-0.1, -0.05) is 25.4 Å². The Morgan fingerprint density at radius 3 is 2.65 bits per heavy atom. The minimum Gasteiger partial charge on any atom is -0.354 e. The highest BCUT2D eigenvalue weighted by molar-refractivity contribution is 6.33. The molecule has 0 saturated carbocycles. The minimum atomic E-state index is -4.50. The summed E-state index contributed by atoms with van der Waals surface area (Å²) in [5.41, 5.74) is 0.0374. The number of alkyl halides is 3. The lowest BCUT2D eigenvalue weighted by Crippen LogP contribution is -2.38. The summed E-state index contributed by atoms with van der Waals surface area (Å²) in [6.45, 7) is 6.01. The number of anilines is 2. The zero-order chi connectivity index (χ0) is 22.8. The topological polar surface area (TPSA) is 66.3 Å². The lowest BCUT2D eigenvalue weighted by atomic mass is 10.1. The van der Waals surface area contributed by atoms with Gasteiger partial charge in [0.15, 0.2) is 0 Å². The van der Waals surface area contributed by atoms with E-state index >= 15 is 0 Å². The van der Waals surface area contributed by atoms with Crippen LogP contribution in [-0.4, -0.2) is 51.9 Å². The van der Waals surface area contributed by atoms with Crippen molar-refractivity contribution in [1.29, 1.82) is 0 Å². The van der Waals surface area contributed by atoms with Gasteiger partial charge in [-0.2, -0.15) is 18.3 Å². The number of pyridine rings is 1. The van der Waals surface area contributed by atoms with Gasteiger partial charge in [-0.25, -0.2) is 9.78 Å². The fraction of sp³-hybridized carbons (Fsp3) is 0.550. The molecule has 31 heavy (non-hydrogen) atoms. The first-order valence-corrected chi connectivity index (χ1v) is 10.6. The van der Waals surface area contributed by atoms with E-state index in [9.17, 15) is 18.0 Å². The second-order valence-electron chi connectivity index (χ2n) is 7.67. The Hall–Kier alpha value is -2.49. The monoisotopic (exact) mass is 458 g/mol. The van der Waals surface area contributed by atoms with Gasteiger partial charge >= 0.3 is 12.2 Å². The summed E-state index contributed by atoms with van der Waals surface area (Å²) >= 11 is 6.08. The second kappa shape index (κ2) is 9.33. The van der Waals surface area contributed by atoms with Crippen LogP contribution in [0, 0.1) is 0 Å². The van der Waals surface area contributed by atoms with Crippen LogP contribution in [0.1, 0.15) is 43.9 Å². The first kappa shape index (κ1) is 23.2. The van der Waals surface area contributed by atoms with E-state index in [1.807, 2.05) is 6.07 Å². The van der Waals surface area contributed by atoms with Crippen molar-refractivity contribution in [3.63, 3.8) is 0 Å². The quantitative estimate of drug-likeness (QED) is 0.718. The van der Waals surface area contributed by atoms with E-state index in [1.165, 1.54) is 0 Å². The Bertz CT molecular complexity index is 932. The van der Waals surface area contributed by atoms with Crippen molar-refractivity contribution in [1.82, 2.24) is 19.7 Å². The van der Waals surface area contributed by atoms with E-state index in [1.54, 1.807) is 21.5 Å². The van der Waals surface area contributed by atoms with Crippen LogP contribution in [0.4, 0.5) is 29.6 Å². The first-order valence-electron chi connectivity index (χ1n) is 10.2. The number of aryl methyl sites for hydroxylation is 1. The third-order valence-corrected chi connectivity index (χ3v) is 5.76. The van der Waals surface area contributed by atoms with Gasteiger partial charge in [0, 0.05) is 51.4 Å². The maximum Gasteiger partial charge on any atom is 0.417 e. The molecule has 1 N–H and O–H groups in total. The summed E-state index contributed by atoms with van der Waals surface area (Å²) in [5.74, 6) is 1.21. The molecule has 7 nitrogen and oxygen atoms in total. The molecule has 1 unspecified atom stereocenters. The molecular weight excluding hydrogens is 433 g/mol. The average Bonchev–Trinajstić information content (AvgIpc) is 2.91. The fourth-order valence-electron chi connectivity index (χ4n) is 3.40. The van der Waals surface area contributed by atoms with E-state index in [0.717, 1.165) is 24.4 Å². The number of amides is 2. The highest BCUT2D eigenvalue weighted by Gasteiger charge is 2.32. The van der Waals surface area contributed by atoms with Gasteiger partial charge in [-0.15, -0.1) is 0 Å². The summed E-state index contributed by atoms with van der Waals surface area (Å²) < 4.78 is 40.2. The molecule has 0 spiro atoms. The molecule has 0 aliphatic carbocycles. The maximum absolute atomic E-state index is 12.9. The van der Waals surface area contributed by atoms with E-state index in [4.69, 9.17) is 11.6 Å². The molecule has 3 heterocycles. The number of hydrogen-bond donors (Lipinski definition) is 1. The van der Waals surface area contributed by atoms with Crippen molar-refractivity contribution < 1.29 is 18.0 Å². The Kier molecular flexibility index (Phi) is 6.98. The summed E-state index contributed by atoms with van der Waals surface area (Å²) in [7, 11) is 1.78. The van der Waals surface area contributed by atoms with Gasteiger partial charge < -0.3 is 9.80 Å². The Morgan fingerprint density at radius 2 is 2.00 bits per heavy atom. The molecule has 0 bridgehead atoms. The number of rotatable bonds is 4. The van der Waals surface area contributed by atoms with Gasteiger partial charge in [-0.05, 0) is 18.9 Å². The third kappa shape index (κ3) is 5.41. The van der Waals surface area contributed by atoms with E-state index < -0.39 is 11.7 Å². The van der Waals surface area contributed by atoms with Gasteiger partial charge in [-0.3, -0.25) is 10.00 Å². The molecule has 170 valence electrons. The van der Waals surface area contributed by atoms with Crippen LogP contribution < -0.4 is 10.2 Å². The highest BCUT2D eigenvalue weighted by Crippen LogP contribution is 2.33. The largest absolute Gasteiger partial charge is 0.417 e. The number of carbonyl (C=O) groups is 1. The van der Waals surface area contributed by atoms with Crippen LogP contribution in [0.5, 0.6) is 0 Å².